The van der Waals surface area contributed by atoms with Gasteiger partial charge < -0.3 is 19.0 Å². The molecule has 4 heterocycles. The summed E-state index contributed by atoms with van der Waals surface area (Å²) in [5.74, 6) is 1.01. The highest BCUT2D eigenvalue weighted by atomic mass is 32.2. The molecule has 0 atom stereocenters. The molecule has 8 heteroatoms. The zero-order valence-electron chi connectivity index (χ0n) is 29.1. The van der Waals surface area contributed by atoms with Crippen molar-refractivity contribution >= 4 is 26.9 Å². The summed E-state index contributed by atoms with van der Waals surface area (Å²) >= 11 is 0. The summed E-state index contributed by atoms with van der Waals surface area (Å²) in [6.07, 6.45) is 5.98. The van der Waals surface area contributed by atoms with Crippen LogP contribution in [-0.2, 0) is 23.0 Å². The van der Waals surface area contributed by atoms with Crippen LogP contribution in [0.15, 0.2) is 71.6 Å². The Bertz CT molecular complexity index is 1570. The van der Waals surface area contributed by atoms with Crippen LogP contribution in [0.1, 0.15) is 63.5 Å². The van der Waals surface area contributed by atoms with E-state index in [0.717, 1.165) is 67.9 Å². The molecular formula is C39H55N4O3S+. The highest BCUT2D eigenvalue weighted by Gasteiger charge is 2.42. The van der Waals surface area contributed by atoms with Gasteiger partial charge in [-0.2, -0.15) is 0 Å². The molecule has 3 aromatic rings. The number of nitrogens with zero attached hydrogens (tertiary/aromatic N) is 4. The van der Waals surface area contributed by atoms with Crippen LogP contribution in [0.5, 0.6) is 5.75 Å². The molecular weight excluding hydrogens is 605 g/mol. The molecule has 4 aliphatic rings. The van der Waals surface area contributed by atoms with Crippen molar-refractivity contribution in [3.63, 3.8) is 0 Å². The van der Waals surface area contributed by atoms with Gasteiger partial charge in [-0.05, 0) is 60.9 Å². The topological polar surface area (TPSA) is 53.1 Å². The molecule has 0 aliphatic carbocycles. The molecule has 7 nitrogen and oxygen atoms in total. The minimum absolute atomic E-state index is 0.198. The molecule has 7 rings (SSSR count). The first kappa shape index (κ1) is 33.8. The average Bonchev–Trinajstić information content (AvgIpc) is 3.18. The van der Waals surface area contributed by atoms with E-state index in [4.69, 9.17) is 4.74 Å². The predicted octanol–water partition coefficient (Wildman–Crippen LogP) is 7.27. The maximum atomic E-state index is 14.1. The molecule has 0 amide bonds. The first-order valence-corrected chi connectivity index (χ1v) is 19.5. The van der Waals surface area contributed by atoms with E-state index < -0.39 is 9.84 Å². The van der Waals surface area contributed by atoms with Gasteiger partial charge in [0, 0.05) is 62.6 Å². The lowest BCUT2D eigenvalue weighted by Crippen LogP contribution is -2.66. The van der Waals surface area contributed by atoms with Crippen LogP contribution in [0.2, 0.25) is 0 Å². The zero-order valence-corrected chi connectivity index (χ0v) is 29.9. The van der Waals surface area contributed by atoms with Crippen LogP contribution in [0.3, 0.4) is 0 Å². The van der Waals surface area contributed by atoms with Gasteiger partial charge in [0.05, 0.1) is 36.0 Å². The fourth-order valence-electron chi connectivity index (χ4n) is 7.95. The summed E-state index contributed by atoms with van der Waals surface area (Å²) in [6.45, 7) is 14.3. The molecule has 4 aliphatic heterocycles. The Labute approximate surface area is 283 Å². The molecule has 47 heavy (non-hydrogen) atoms. The van der Waals surface area contributed by atoms with E-state index in [2.05, 4.69) is 60.0 Å². The van der Waals surface area contributed by atoms with E-state index >= 15 is 0 Å². The van der Waals surface area contributed by atoms with Gasteiger partial charge in [0.1, 0.15) is 18.9 Å². The van der Waals surface area contributed by atoms with Gasteiger partial charge >= 0.3 is 0 Å². The van der Waals surface area contributed by atoms with Crippen LogP contribution < -0.4 is 14.5 Å². The van der Waals surface area contributed by atoms with Gasteiger partial charge in [-0.25, -0.2) is 8.42 Å². The van der Waals surface area contributed by atoms with Gasteiger partial charge in [0.15, 0.2) is 9.84 Å². The molecule has 3 aromatic carbocycles. The molecule has 254 valence electrons. The first-order chi connectivity index (χ1) is 22.6. The Morgan fingerprint density at radius 2 is 1.45 bits per heavy atom. The fraction of sp³-hybridized carbons (Fsp3) is 0.538. The summed E-state index contributed by atoms with van der Waals surface area (Å²) in [6, 6.07) is 23.1. The Morgan fingerprint density at radius 1 is 0.830 bits per heavy atom. The maximum absolute atomic E-state index is 14.1. The third-order valence-corrected chi connectivity index (χ3v) is 13.0. The molecule has 0 aromatic heterocycles. The fourth-order valence-corrected chi connectivity index (χ4v) is 10.1. The summed E-state index contributed by atoms with van der Waals surface area (Å²) in [7, 11) is 0.523. The molecule has 0 N–H and O–H groups in total. The quantitative estimate of drug-likeness (QED) is 0.180. The van der Waals surface area contributed by atoms with Crippen LogP contribution in [-0.4, -0.2) is 83.5 Å². The number of sulfone groups is 1. The Hall–Kier alpha value is -3.07. The van der Waals surface area contributed by atoms with Crippen molar-refractivity contribution in [2.24, 2.45) is 5.41 Å². The highest BCUT2D eigenvalue weighted by molar-refractivity contribution is 7.91. The SMILES string of the molecule is CCCCC1(CCCC)CN(c2ccc(OCc3ccc(C[N+]45CCN(CC4)CC5)cc3)cc2)c2cc(N(C)C)ccc2S(=O)(=O)C1. The Kier molecular flexibility index (Phi) is 10.2. The Balaban J connectivity index is 1.21. The number of fused-ring (bicyclic) bond motifs is 4. The number of hydrogen-bond acceptors (Lipinski definition) is 6. The van der Waals surface area contributed by atoms with E-state index in [1.165, 1.54) is 54.9 Å². The number of unbranched alkanes of at least 4 members (excludes halogenated alkanes) is 2. The largest absolute Gasteiger partial charge is 0.489 e. The zero-order chi connectivity index (χ0) is 33.1. The summed E-state index contributed by atoms with van der Waals surface area (Å²) in [5.41, 5.74) is 5.04. The second-order valence-corrected chi connectivity index (χ2v) is 16.7. The predicted molar refractivity (Wildman–Crippen MR) is 194 cm³/mol. The van der Waals surface area contributed by atoms with E-state index in [1.807, 2.05) is 49.3 Å². The Morgan fingerprint density at radius 3 is 2.04 bits per heavy atom. The van der Waals surface area contributed by atoms with Gasteiger partial charge in [-0.3, -0.25) is 4.90 Å². The minimum Gasteiger partial charge on any atom is -0.489 e. The lowest BCUT2D eigenvalue weighted by molar-refractivity contribution is -0.953. The number of anilines is 3. The van der Waals surface area contributed by atoms with Crippen molar-refractivity contribution in [3.05, 3.63) is 77.9 Å². The van der Waals surface area contributed by atoms with Crippen LogP contribution in [0.4, 0.5) is 17.1 Å². The van der Waals surface area contributed by atoms with Gasteiger partial charge in [0.2, 0.25) is 0 Å². The molecule has 0 saturated carbocycles. The highest BCUT2D eigenvalue weighted by Crippen LogP contribution is 2.46. The number of rotatable bonds is 13. The minimum atomic E-state index is -3.48. The van der Waals surface area contributed by atoms with E-state index in [1.54, 1.807) is 0 Å². The second kappa shape index (κ2) is 14.2. The molecule has 3 saturated heterocycles. The summed E-state index contributed by atoms with van der Waals surface area (Å²) < 4.78 is 35.6. The molecule has 2 bridgehead atoms. The van der Waals surface area contributed by atoms with Gasteiger partial charge in [0.25, 0.3) is 0 Å². The van der Waals surface area contributed by atoms with Crippen molar-refractivity contribution in [1.29, 1.82) is 0 Å². The maximum Gasteiger partial charge on any atom is 0.181 e. The van der Waals surface area contributed by atoms with Crippen molar-refractivity contribution in [3.8, 4) is 5.75 Å². The van der Waals surface area contributed by atoms with Crippen LogP contribution >= 0.6 is 0 Å². The molecule has 0 spiro atoms. The summed E-state index contributed by atoms with van der Waals surface area (Å²) in [4.78, 5) is 7.35. The van der Waals surface area contributed by atoms with Gasteiger partial charge in [-0.1, -0.05) is 63.8 Å². The molecule has 0 unspecified atom stereocenters. The lowest BCUT2D eigenvalue weighted by atomic mass is 9.79. The third kappa shape index (κ3) is 7.65. The van der Waals surface area contributed by atoms with Crippen molar-refractivity contribution in [2.75, 3.05) is 75.5 Å². The normalized spacial score (nSPS) is 22.8. The van der Waals surface area contributed by atoms with E-state index in [-0.39, 0.29) is 11.2 Å². The lowest BCUT2D eigenvalue weighted by Gasteiger charge is -2.50. The van der Waals surface area contributed by atoms with E-state index in [0.29, 0.717) is 18.0 Å². The van der Waals surface area contributed by atoms with Crippen molar-refractivity contribution in [2.45, 2.75) is 70.4 Å². The van der Waals surface area contributed by atoms with Crippen molar-refractivity contribution < 1.29 is 17.6 Å². The average molecular weight is 660 g/mol. The molecule has 0 radical (unpaired) electrons. The third-order valence-electron chi connectivity index (χ3n) is 11.0. The number of quaternary nitrogens is 1. The number of hydrogen-bond donors (Lipinski definition) is 0. The second-order valence-electron chi connectivity index (χ2n) is 14.7. The van der Waals surface area contributed by atoms with E-state index in [9.17, 15) is 8.42 Å². The monoisotopic (exact) mass is 659 g/mol. The first-order valence-electron chi connectivity index (χ1n) is 17.8. The number of piperazine rings is 3. The van der Waals surface area contributed by atoms with Crippen molar-refractivity contribution in [1.82, 2.24) is 4.90 Å². The summed E-state index contributed by atoms with van der Waals surface area (Å²) in [5, 5.41) is 0. The smallest absolute Gasteiger partial charge is 0.181 e. The van der Waals surface area contributed by atoms with Crippen LogP contribution in [0.25, 0.3) is 0 Å². The number of benzene rings is 3. The molecule has 3 fully saturated rings. The number of ether oxygens (including phenoxy) is 1. The van der Waals surface area contributed by atoms with Crippen LogP contribution in [0, 0.1) is 5.41 Å². The standard InChI is InChI=1S/C39H55N4O3S/c1-5-7-19-39(20-8-6-2)30-42(37-27-35(40(3)4)15-18-38(37)47(44,45)31-39)34-13-16-36(17-14-34)46-29-33-11-9-32(10-12-33)28-43-24-21-41(22-25-43)23-26-43/h9-18,27H,5-8,19-26,28-31H2,1-4H3/q+1. The van der Waals surface area contributed by atoms with Gasteiger partial charge in [-0.15, -0.1) is 0 Å².